The van der Waals surface area contributed by atoms with E-state index >= 15 is 0 Å². The molecule has 0 bridgehead atoms. The summed E-state index contributed by atoms with van der Waals surface area (Å²) in [6.07, 6.45) is 3.86. The minimum absolute atomic E-state index is 0.168. The third kappa shape index (κ3) is 8.38. The van der Waals surface area contributed by atoms with Crippen LogP contribution >= 0.6 is 0 Å². The minimum Gasteiger partial charge on any atom is -0.768 e. The molecule has 0 saturated carbocycles. The Bertz CT molecular complexity index is 922. The molecule has 0 aliphatic heterocycles. The second kappa shape index (κ2) is 13.1. The van der Waals surface area contributed by atoms with E-state index in [1.165, 1.54) is 18.2 Å². The summed E-state index contributed by atoms with van der Waals surface area (Å²) in [4.78, 5) is 0.340. The summed E-state index contributed by atoms with van der Waals surface area (Å²) in [6.45, 7) is 4.67. The fraction of sp³-hybridized carbons (Fsp3) is 0.500. The van der Waals surface area contributed by atoms with E-state index in [0.29, 0.717) is 30.3 Å². The van der Waals surface area contributed by atoms with Gasteiger partial charge in [0.15, 0.2) is 0 Å². The van der Waals surface area contributed by atoms with E-state index in [0.717, 1.165) is 45.4 Å². The molecule has 0 spiro atoms. The summed E-state index contributed by atoms with van der Waals surface area (Å²) in [5, 5.41) is 8.00. The van der Waals surface area contributed by atoms with Gasteiger partial charge in [-0.2, -0.15) is 0 Å². The molecule has 0 aliphatic rings. The van der Waals surface area contributed by atoms with Crippen molar-refractivity contribution in [3.8, 4) is 0 Å². The molecule has 0 radical (unpaired) electrons. The fourth-order valence-corrected chi connectivity index (χ4v) is 4.46. The van der Waals surface area contributed by atoms with E-state index in [9.17, 15) is 17.2 Å². The summed E-state index contributed by atoms with van der Waals surface area (Å²) < 4.78 is 49.7. The Hall–Kier alpha value is -1.40. The van der Waals surface area contributed by atoms with Crippen molar-refractivity contribution in [2.75, 3.05) is 39.3 Å². The number of benzene rings is 2. The number of rotatable bonds is 15. The Morgan fingerprint density at radius 1 is 0.833 bits per heavy atom. The average Bonchev–Trinajstić information content (AvgIpc) is 2.73. The van der Waals surface area contributed by atoms with Crippen molar-refractivity contribution in [3.05, 3.63) is 36.4 Å². The zero-order valence-electron chi connectivity index (χ0n) is 17.1. The van der Waals surface area contributed by atoms with Gasteiger partial charge in [0.2, 0.25) is 10.0 Å². The van der Waals surface area contributed by atoms with Crippen LogP contribution in [0, 0.1) is 0 Å². The Morgan fingerprint density at radius 3 is 2.10 bits per heavy atom. The number of sulfonamides is 1. The van der Waals surface area contributed by atoms with Gasteiger partial charge in [0.25, 0.3) is 0 Å². The topological polar surface area (TPSA) is 136 Å². The second-order valence-corrected chi connectivity index (χ2v) is 9.71. The molecule has 8 nitrogen and oxygen atoms in total. The van der Waals surface area contributed by atoms with Crippen molar-refractivity contribution in [1.29, 1.82) is 0 Å². The first-order chi connectivity index (χ1) is 14.4. The summed E-state index contributed by atoms with van der Waals surface area (Å²) in [5.74, 6) is 0. The predicted octanol–water partition coefficient (Wildman–Crippen LogP) is 1.05. The van der Waals surface area contributed by atoms with Gasteiger partial charge in [-0.3, -0.25) is 4.21 Å². The molecule has 0 amide bonds. The Kier molecular flexibility index (Phi) is 10.9. The first kappa shape index (κ1) is 24.9. The standard InChI is InChI=1S/C20H32N4O4S2/c21-9-3-12-22-10-1-2-11-23-13-4-14-24-30(27,28)20-8-6-17-15-19(29(25)26)7-5-18(17)16-20/h5-8,15-16,22-24H,1-4,9-14,21H2,(H,25,26)/p-1. The van der Waals surface area contributed by atoms with E-state index in [-0.39, 0.29) is 9.79 Å². The maximum absolute atomic E-state index is 12.5. The third-order valence-corrected chi connectivity index (χ3v) is 6.72. The molecule has 1 atom stereocenters. The highest BCUT2D eigenvalue weighted by molar-refractivity contribution is 7.89. The zero-order valence-corrected chi connectivity index (χ0v) is 18.7. The number of unbranched alkanes of at least 4 members (excludes halogenated alkanes) is 1. The van der Waals surface area contributed by atoms with Crippen LogP contribution in [0.25, 0.3) is 10.8 Å². The lowest BCUT2D eigenvalue weighted by Crippen LogP contribution is -2.28. The molecule has 5 N–H and O–H groups in total. The SMILES string of the molecule is NCCCNCCCCNCCCNS(=O)(=O)c1ccc2cc(S(=O)[O-])ccc2c1. The van der Waals surface area contributed by atoms with E-state index in [1.54, 1.807) is 18.2 Å². The maximum Gasteiger partial charge on any atom is 0.240 e. The highest BCUT2D eigenvalue weighted by Crippen LogP contribution is 2.21. The van der Waals surface area contributed by atoms with Crippen LogP contribution in [0.2, 0.25) is 0 Å². The summed E-state index contributed by atoms with van der Waals surface area (Å²) in [5.41, 5.74) is 5.43. The van der Waals surface area contributed by atoms with Gasteiger partial charge >= 0.3 is 0 Å². The molecular formula is C20H31N4O4S2-. The van der Waals surface area contributed by atoms with Crippen molar-refractivity contribution < 1.29 is 17.2 Å². The Balaban J connectivity index is 1.69. The van der Waals surface area contributed by atoms with Crippen molar-refractivity contribution in [1.82, 2.24) is 15.4 Å². The highest BCUT2D eigenvalue weighted by Gasteiger charge is 2.13. The molecular weight excluding hydrogens is 424 g/mol. The summed E-state index contributed by atoms with van der Waals surface area (Å²) >= 11 is -2.31. The second-order valence-electron chi connectivity index (χ2n) is 7.01. The van der Waals surface area contributed by atoms with Crippen molar-refractivity contribution in [3.63, 3.8) is 0 Å². The van der Waals surface area contributed by atoms with Crippen molar-refractivity contribution in [2.45, 2.75) is 35.5 Å². The number of nitrogens with two attached hydrogens (primary N) is 1. The number of fused-ring (bicyclic) bond motifs is 1. The van der Waals surface area contributed by atoms with E-state index < -0.39 is 21.1 Å². The van der Waals surface area contributed by atoms with Gasteiger partial charge in [-0.1, -0.05) is 12.1 Å². The van der Waals surface area contributed by atoms with Crippen LogP contribution in [-0.2, 0) is 21.1 Å². The quantitative estimate of drug-likeness (QED) is 0.233. The van der Waals surface area contributed by atoms with Crippen molar-refractivity contribution in [2.24, 2.45) is 5.73 Å². The molecule has 30 heavy (non-hydrogen) atoms. The van der Waals surface area contributed by atoms with E-state index in [4.69, 9.17) is 5.73 Å². The number of hydrogen-bond acceptors (Lipinski definition) is 7. The van der Waals surface area contributed by atoms with Crippen LogP contribution in [0.15, 0.2) is 46.2 Å². The van der Waals surface area contributed by atoms with Gasteiger partial charge in [0.05, 0.1) is 4.90 Å². The molecule has 1 unspecified atom stereocenters. The average molecular weight is 456 g/mol. The molecule has 2 aromatic carbocycles. The van der Waals surface area contributed by atoms with E-state index in [1.807, 2.05) is 0 Å². The monoisotopic (exact) mass is 455 g/mol. The fourth-order valence-electron chi connectivity index (χ4n) is 2.95. The molecule has 0 aliphatic carbocycles. The maximum atomic E-state index is 12.5. The molecule has 0 saturated heterocycles. The molecule has 2 rings (SSSR count). The highest BCUT2D eigenvalue weighted by atomic mass is 32.2. The lowest BCUT2D eigenvalue weighted by Gasteiger charge is -2.10. The molecule has 168 valence electrons. The lowest BCUT2D eigenvalue weighted by atomic mass is 10.1. The molecule has 2 aromatic rings. The summed E-state index contributed by atoms with van der Waals surface area (Å²) in [7, 11) is -3.61. The first-order valence-electron chi connectivity index (χ1n) is 10.2. The minimum atomic E-state index is -3.61. The van der Waals surface area contributed by atoms with Crippen LogP contribution in [0.3, 0.4) is 0 Å². The Labute approximate surface area is 181 Å². The van der Waals surface area contributed by atoms with Gasteiger partial charge in [0, 0.05) is 11.4 Å². The number of nitrogens with one attached hydrogen (secondary N) is 3. The van der Waals surface area contributed by atoms with E-state index in [2.05, 4.69) is 15.4 Å². The third-order valence-electron chi connectivity index (χ3n) is 4.62. The first-order valence-corrected chi connectivity index (χ1v) is 12.7. The van der Waals surface area contributed by atoms with Crippen molar-refractivity contribution >= 4 is 31.9 Å². The van der Waals surface area contributed by atoms with Crippen LogP contribution in [0.1, 0.15) is 25.7 Å². The summed E-state index contributed by atoms with van der Waals surface area (Å²) in [6, 6.07) is 9.24. The van der Waals surface area contributed by atoms with Crippen LogP contribution in [-0.4, -0.2) is 56.4 Å². The molecule has 0 heterocycles. The predicted molar refractivity (Wildman–Crippen MR) is 120 cm³/mol. The normalized spacial score (nSPS) is 13.0. The van der Waals surface area contributed by atoms with Gasteiger partial charge in [0.1, 0.15) is 0 Å². The van der Waals surface area contributed by atoms with Crippen LogP contribution in [0.5, 0.6) is 0 Å². The molecule has 0 aromatic heterocycles. The molecule has 0 fully saturated rings. The zero-order chi connectivity index (χ0) is 21.8. The largest absolute Gasteiger partial charge is 0.768 e. The van der Waals surface area contributed by atoms with Gasteiger partial charge in [-0.05, 0) is 105 Å². The van der Waals surface area contributed by atoms with Gasteiger partial charge < -0.3 is 20.9 Å². The van der Waals surface area contributed by atoms with Crippen LogP contribution < -0.4 is 21.1 Å². The number of hydrogen-bond donors (Lipinski definition) is 4. The molecule has 10 heteroatoms. The lowest BCUT2D eigenvalue weighted by molar-refractivity contribution is 0.537. The van der Waals surface area contributed by atoms with Gasteiger partial charge in [-0.25, -0.2) is 13.1 Å². The Morgan fingerprint density at radius 2 is 1.43 bits per heavy atom. The smallest absolute Gasteiger partial charge is 0.240 e. The van der Waals surface area contributed by atoms with Crippen LogP contribution in [0.4, 0.5) is 0 Å². The van der Waals surface area contributed by atoms with Gasteiger partial charge in [-0.15, -0.1) is 0 Å².